The highest BCUT2D eigenvalue weighted by Crippen LogP contribution is 2.30. The Morgan fingerprint density at radius 2 is 1.77 bits per heavy atom. The fraction of sp³-hybridized carbons (Fsp3) is 0.125. The average Bonchev–Trinajstić information content (AvgIpc) is 3.09. The van der Waals surface area contributed by atoms with E-state index in [-0.39, 0.29) is 10.0 Å². The summed E-state index contributed by atoms with van der Waals surface area (Å²) in [5.74, 6) is 1.34. The van der Waals surface area contributed by atoms with E-state index in [2.05, 4.69) is 14.9 Å². The average molecular weight is 503 g/mol. The maximum Gasteiger partial charge on any atom is 0.263 e. The van der Waals surface area contributed by atoms with Crippen LogP contribution in [0.5, 0.6) is 11.5 Å². The van der Waals surface area contributed by atoms with E-state index in [0.717, 1.165) is 22.6 Å². The van der Waals surface area contributed by atoms with Crippen LogP contribution in [0.4, 0.5) is 5.13 Å². The molecule has 0 radical (unpaired) electrons. The standard InChI is InChI=1S/C16H14IN3O4S2/c1-23-11-5-3-10(4-6-11)15-18-19-16(25-15)20-26(21,22)12-7-8-14(24-2)13(17)9-12/h3-9H,1-2H3,(H,19,20). The normalized spacial score (nSPS) is 11.2. The zero-order valence-electron chi connectivity index (χ0n) is 13.8. The number of hydrogen-bond acceptors (Lipinski definition) is 7. The van der Waals surface area contributed by atoms with E-state index in [1.807, 2.05) is 34.7 Å². The molecule has 0 unspecified atom stereocenters. The van der Waals surface area contributed by atoms with Crippen molar-refractivity contribution in [1.29, 1.82) is 0 Å². The molecule has 3 aromatic rings. The second-order valence-corrected chi connectivity index (χ2v) is 8.86. The third-order valence-electron chi connectivity index (χ3n) is 3.42. The lowest BCUT2D eigenvalue weighted by atomic mass is 10.2. The molecule has 7 nitrogen and oxygen atoms in total. The van der Waals surface area contributed by atoms with E-state index in [9.17, 15) is 8.42 Å². The van der Waals surface area contributed by atoms with Gasteiger partial charge in [0.2, 0.25) is 5.13 Å². The Hall–Kier alpha value is -1.92. The molecular formula is C16H14IN3O4S2. The van der Waals surface area contributed by atoms with Gasteiger partial charge in [-0.15, -0.1) is 10.2 Å². The Kier molecular flexibility index (Phi) is 5.63. The second-order valence-electron chi connectivity index (χ2n) is 5.04. The number of methoxy groups -OCH3 is 2. The number of nitrogens with one attached hydrogen (secondary N) is 1. The van der Waals surface area contributed by atoms with Crippen LogP contribution in [0.3, 0.4) is 0 Å². The molecule has 2 aromatic carbocycles. The number of anilines is 1. The molecule has 0 atom stereocenters. The summed E-state index contributed by atoms with van der Waals surface area (Å²) in [5, 5.41) is 8.77. The van der Waals surface area contributed by atoms with Gasteiger partial charge in [0.1, 0.15) is 16.5 Å². The summed E-state index contributed by atoms with van der Waals surface area (Å²) in [6.07, 6.45) is 0. The molecule has 0 spiro atoms. The molecule has 0 aliphatic rings. The fourth-order valence-electron chi connectivity index (χ4n) is 2.10. The Bertz CT molecular complexity index is 1020. The Labute approximate surface area is 168 Å². The summed E-state index contributed by atoms with van der Waals surface area (Å²) in [6, 6.07) is 11.9. The van der Waals surface area contributed by atoms with Crippen molar-refractivity contribution in [3.05, 3.63) is 46.0 Å². The summed E-state index contributed by atoms with van der Waals surface area (Å²) >= 11 is 3.17. The molecule has 1 N–H and O–H groups in total. The van der Waals surface area contributed by atoms with Crippen LogP contribution in [0.1, 0.15) is 0 Å². The Balaban J connectivity index is 1.82. The number of halogens is 1. The first kappa shape index (κ1) is 18.9. The van der Waals surface area contributed by atoms with Crippen LogP contribution < -0.4 is 14.2 Å². The molecule has 10 heteroatoms. The zero-order chi connectivity index (χ0) is 18.7. The molecule has 26 heavy (non-hydrogen) atoms. The third kappa shape index (κ3) is 4.07. The van der Waals surface area contributed by atoms with Gasteiger partial charge in [-0.1, -0.05) is 11.3 Å². The predicted octanol–water partition coefficient (Wildman–Crippen LogP) is 3.63. The summed E-state index contributed by atoms with van der Waals surface area (Å²) in [5.41, 5.74) is 0.827. The van der Waals surface area contributed by atoms with Crippen molar-refractivity contribution < 1.29 is 17.9 Å². The third-order valence-corrected chi connectivity index (χ3v) is 6.61. The molecule has 0 aliphatic carbocycles. The summed E-state index contributed by atoms with van der Waals surface area (Å²) < 4.78 is 38.5. The van der Waals surface area contributed by atoms with E-state index in [4.69, 9.17) is 9.47 Å². The maximum absolute atomic E-state index is 12.5. The molecule has 3 rings (SSSR count). The van der Waals surface area contributed by atoms with Gasteiger partial charge in [0.25, 0.3) is 10.0 Å². The first-order valence-corrected chi connectivity index (χ1v) is 10.6. The first-order chi connectivity index (χ1) is 12.4. The number of rotatable bonds is 6. The van der Waals surface area contributed by atoms with E-state index in [1.165, 1.54) is 19.2 Å². The highest BCUT2D eigenvalue weighted by atomic mass is 127. The van der Waals surface area contributed by atoms with Crippen LogP contribution in [0.2, 0.25) is 0 Å². The highest BCUT2D eigenvalue weighted by molar-refractivity contribution is 14.1. The lowest BCUT2D eigenvalue weighted by Crippen LogP contribution is -2.13. The van der Waals surface area contributed by atoms with Crippen LogP contribution in [0, 0.1) is 3.57 Å². The van der Waals surface area contributed by atoms with Gasteiger partial charge in [-0.05, 0) is 65.1 Å². The summed E-state index contributed by atoms with van der Waals surface area (Å²) in [4.78, 5) is 0.129. The van der Waals surface area contributed by atoms with Gasteiger partial charge in [0, 0.05) is 5.56 Å². The van der Waals surface area contributed by atoms with Gasteiger partial charge in [0.15, 0.2) is 0 Å². The van der Waals surface area contributed by atoms with E-state index in [1.54, 1.807) is 25.3 Å². The van der Waals surface area contributed by atoms with Crippen LogP contribution >= 0.6 is 33.9 Å². The van der Waals surface area contributed by atoms with Crippen molar-refractivity contribution in [3.63, 3.8) is 0 Å². The molecule has 0 aliphatic heterocycles. The maximum atomic E-state index is 12.5. The van der Waals surface area contributed by atoms with Crippen molar-refractivity contribution in [2.75, 3.05) is 18.9 Å². The van der Waals surface area contributed by atoms with Crippen molar-refractivity contribution in [3.8, 4) is 22.1 Å². The SMILES string of the molecule is COc1ccc(-c2nnc(NS(=O)(=O)c3ccc(OC)c(I)c3)s2)cc1. The smallest absolute Gasteiger partial charge is 0.263 e. The van der Waals surface area contributed by atoms with Crippen molar-refractivity contribution in [2.45, 2.75) is 4.90 Å². The summed E-state index contributed by atoms with van der Waals surface area (Å²) in [7, 11) is -0.639. The van der Waals surface area contributed by atoms with E-state index < -0.39 is 10.0 Å². The molecule has 0 amide bonds. The zero-order valence-corrected chi connectivity index (χ0v) is 17.6. The fourth-order valence-corrected chi connectivity index (χ4v) is 5.05. The first-order valence-electron chi connectivity index (χ1n) is 7.27. The number of sulfonamides is 1. The lowest BCUT2D eigenvalue weighted by Gasteiger charge is -2.07. The van der Waals surface area contributed by atoms with Gasteiger partial charge >= 0.3 is 0 Å². The molecular weight excluding hydrogens is 489 g/mol. The molecule has 0 saturated carbocycles. The number of ether oxygens (including phenoxy) is 2. The number of nitrogens with zero attached hydrogens (tertiary/aromatic N) is 2. The monoisotopic (exact) mass is 503 g/mol. The van der Waals surface area contributed by atoms with E-state index >= 15 is 0 Å². The van der Waals surface area contributed by atoms with Gasteiger partial charge in [0.05, 0.1) is 22.7 Å². The van der Waals surface area contributed by atoms with Crippen LogP contribution in [-0.4, -0.2) is 32.8 Å². The van der Waals surface area contributed by atoms with E-state index in [0.29, 0.717) is 14.3 Å². The second kappa shape index (κ2) is 7.76. The van der Waals surface area contributed by atoms with Gasteiger partial charge < -0.3 is 9.47 Å². The number of hydrogen-bond donors (Lipinski definition) is 1. The number of aromatic nitrogens is 2. The van der Waals surface area contributed by atoms with Crippen molar-refractivity contribution >= 4 is 49.1 Å². The minimum absolute atomic E-state index is 0.129. The molecule has 1 aromatic heterocycles. The Morgan fingerprint density at radius 1 is 1.04 bits per heavy atom. The molecule has 1 heterocycles. The van der Waals surface area contributed by atoms with Gasteiger partial charge in [-0.2, -0.15) is 0 Å². The molecule has 0 fully saturated rings. The minimum atomic E-state index is -3.76. The minimum Gasteiger partial charge on any atom is -0.497 e. The van der Waals surface area contributed by atoms with Gasteiger partial charge in [-0.3, -0.25) is 4.72 Å². The van der Waals surface area contributed by atoms with Gasteiger partial charge in [-0.25, -0.2) is 8.42 Å². The van der Waals surface area contributed by atoms with Crippen LogP contribution in [-0.2, 0) is 10.0 Å². The van der Waals surface area contributed by atoms with Crippen LogP contribution in [0.15, 0.2) is 47.4 Å². The van der Waals surface area contributed by atoms with Crippen molar-refractivity contribution in [1.82, 2.24) is 10.2 Å². The quantitative estimate of drug-likeness (QED) is 0.517. The topological polar surface area (TPSA) is 90.4 Å². The highest BCUT2D eigenvalue weighted by Gasteiger charge is 2.18. The summed E-state index contributed by atoms with van der Waals surface area (Å²) in [6.45, 7) is 0. The molecule has 0 bridgehead atoms. The Morgan fingerprint density at radius 3 is 2.38 bits per heavy atom. The van der Waals surface area contributed by atoms with Crippen molar-refractivity contribution in [2.24, 2.45) is 0 Å². The molecule has 0 saturated heterocycles. The van der Waals surface area contributed by atoms with Crippen LogP contribution in [0.25, 0.3) is 10.6 Å². The predicted molar refractivity (Wildman–Crippen MR) is 108 cm³/mol. The largest absolute Gasteiger partial charge is 0.497 e. The lowest BCUT2D eigenvalue weighted by molar-refractivity contribution is 0.411. The molecule has 136 valence electrons. The number of benzene rings is 2.